The molecule has 0 heterocycles. The first kappa shape index (κ1) is 12.9. The Balaban J connectivity index is 3.40. The first-order valence-corrected chi connectivity index (χ1v) is 5.45. The van der Waals surface area contributed by atoms with Crippen molar-refractivity contribution in [2.24, 2.45) is 0 Å². The summed E-state index contributed by atoms with van der Waals surface area (Å²) in [5.41, 5.74) is -0.617. The van der Waals surface area contributed by atoms with Gasteiger partial charge in [0.2, 0.25) is 0 Å². The fraction of sp³-hybridized carbons (Fsp3) is 0.222. The lowest BCUT2D eigenvalue weighted by Crippen LogP contribution is -2.09. The Bertz CT molecular complexity index is 449. The Kier molecular flexibility index (Phi) is 4.26. The molecule has 0 fully saturated rings. The van der Waals surface area contributed by atoms with Gasteiger partial charge in [0, 0.05) is 4.47 Å². The molecule has 0 aliphatic heterocycles. The molecule has 0 spiro atoms. The van der Waals surface area contributed by atoms with Crippen LogP contribution in [0.5, 0.6) is 0 Å². The number of nitro benzene ring substituents is 1. The third kappa shape index (κ3) is 2.51. The average molecular weight is 309 g/mol. The van der Waals surface area contributed by atoms with Gasteiger partial charge in [-0.3, -0.25) is 10.1 Å². The molecule has 0 radical (unpaired) electrons. The summed E-state index contributed by atoms with van der Waals surface area (Å²) in [7, 11) is 0. The second kappa shape index (κ2) is 5.27. The van der Waals surface area contributed by atoms with Crippen molar-refractivity contribution in [1.82, 2.24) is 0 Å². The van der Waals surface area contributed by atoms with Crippen LogP contribution in [-0.2, 0) is 4.74 Å². The summed E-state index contributed by atoms with van der Waals surface area (Å²) >= 11 is 8.73. The molecule has 0 bridgehead atoms. The Labute approximate surface area is 105 Å². The maximum atomic E-state index is 11.5. The number of esters is 1. The molecule has 0 saturated heterocycles. The summed E-state index contributed by atoms with van der Waals surface area (Å²) in [6.45, 7) is 1.75. The van der Waals surface area contributed by atoms with Crippen LogP contribution < -0.4 is 0 Å². The van der Waals surface area contributed by atoms with Gasteiger partial charge in [-0.05, 0) is 35.0 Å². The predicted molar refractivity (Wildman–Crippen MR) is 61.8 cm³/mol. The minimum atomic E-state index is -0.774. The largest absolute Gasteiger partial charge is 0.462 e. The highest BCUT2D eigenvalue weighted by Gasteiger charge is 2.27. The van der Waals surface area contributed by atoms with E-state index in [1.807, 2.05) is 0 Å². The minimum absolute atomic E-state index is 0.101. The van der Waals surface area contributed by atoms with Gasteiger partial charge in [0.1, 0.15) is 5.02 Å². The average Bonchev–Trinajstić information content (AvgIpc) is 2.20. The van der Waals surface area contributed by atoms with E-state index in [1.165, 1.54) is 12.1 Å². The van der Waals surface area contributed by atoms with Crippen LogP contribution in [0.1, 0.15) is 17.3 Å². The summed E-state index contributed by atoms with van der Waals surface area (Å²) in [4.78, 5) is 21.6. The second-order valence-electron chi connectivity index (χ2n) is 2.73. The number of benzene rings is 1. The molecule has 1 aromatic rings. The summed E-state index contributed by atoms with van der Waals surface area (Å²) < 4.78 is 5.00. The van der Waals surface area contributed by atoms with Gasteiger partial charge in [-0.2, -0.15) is 0 Å². The lowest BCUT2D eigenvalue weighted by atomic mass is 10.2. The highest BCUT2D eigenvalue weighted by atomic mass is 79.9. The fourth-order valence-electron chi connectivity index (χ4n) is 1.12. The molecule has 86 valence electrons. The van der Waals surface area contributed by atoms with Crippen molar-refractivity contribution in [3.05, 3.63) is 37.3 Å². The van der Waals surface area contributed by atoms with Gasteiger partial charge in [0.25, 0.3) is 0 Å². The van der Waals surface area contributed by atoms with Gasteiger partial charge >= 0.3 is 11.7 Å². The van der Waals surface area contributed by atoms with E-state index in [0.717, 1.165) is 0 Å². The van der Waals surface area contributed by atoms with Gasteiger partial charge in [-0.25, -0.2) is 4.79 Å². The molecule has 1 rings (SSSR count). The van der Waals surface area contributed by atoms with Crippen LogP contribution in [0.3, 0.4) is 0 Å². The van der Waals surface area contributed by atoms with Crippen LogP contribution in [0.4, 0.5) is 5.69 Å². The van der Waals surface area contributed by atoms with Crippen molar-refractivity contribution in [1.29, 1.82) is 0 Å². The van der Waals surface area contributed by atoms with E-state index in [1.54, 1.807) is 6.92 Å². The van der Waals surface area contributed by atoms with Crippen molar-refractivity contribution in [2.75, 3.05) is 6.61 Å². The fourth-order valence-corrected chi connectivity index (χ4v) is 1.83. The first-order chi connectivity index (χ1) is 7.49. The maximum Gasteiger partial charge on any atom is 0.346 e. The zero-order chi connectivity index (χ0) is 12.3. The Morgan fingerprint density at radius 1 is 1.62 bits per heavy atom. The van der Waals surface area contributed by atoms with Crippen molar-refractivity contribution >= 4 is 39.2 Å². The number of hydrogen-bond donors (Lipinski definition) is 0. The molecule has 0 amide bonds. The van der Waals surface area contributed by atoms with Crippen LogP contribution in [0.2, 0.25) is 5.02 Å². The van der Waals surface area contributed by atoms with E-state index in [-0.39, 0.29) is 21.7 Å². The highest BCUT2D eigenvalue weighted by Crippen LogP contribution is 2.34. The lowest BCUT2D eigenvalue weighted by molar-refractivity contribution is -0.385. The Morgan fingerprint density at radius 2 is 2.25 bits per heavy atom. The van der Waals surface area contributed by atoms with Crippen LogP contribution >= 0.6 is 27.5 Å². The van der Waals surface area contributed by atoms with Crippen molar-refractivity contribution in [3.63, 3.8) is 0 Å². The van der Waals surface area contributed by atoms with Crippen molar-refractivity contribution < 1.29 is 14.5 Å². The highest BCUT2D eigenvalue weighted by molar-refractivity contribution is 9.10. The zero-order valence-electron chi connectivity index (χ0n) is 8.20. The molecule has 7 heteroatoms. The number of carbonyl (C=O) groups excluding carboxylic acids is 1. The number of ether oxygens (including phenoxy) is 1. The summed E-state index contributed by atoms with van der Waals surface area (Å²) in [5.74, 6) is -0.774. The van der Waals surface area contributed by atoms with Crippen LogP contribution in [0.15, 0.2) is 16.6 Å². The van der Waals surface area contributed by atoms with Gasteiger partial charge in [0.15, 0.2) is 5.56 Å². The lowest BCUT2D eigenvalue weighted by Gasteiger charge is -2.06. The minimum Gasteiger partial charge on any atom is -0.462 e. The van der Waals surface area contributed by atoms with E-state index in [9.17, 15) is 14.9 Å². The molecule has 5 nitrogen and oxygen atoms in total. The molecule has 0 unspecified atom stereocenters. The SMILES string of the molecule is CCOC(=O)c1c(Br)ccc(Cl)c1[N+](=O)[O-]. The van der Waals surface area contributed by atoms with Crippen LogP contribution in [0, 0.1) is 10.1 Å². The van der Waals surface area contributed by atoms with Crippen molar-refractivity contribution in [3.8, 4) is 0 Å². The number of carbonyl (C=O) groups is 1. The molecule has 0 N–H and O–H groups in total. The van der Waals surface area contributed by atoms with Gasteiger partial charge in [-0.1, -0.05) is 11.6 Å². The third-order valence-corrected chi connectivity index (χ3v) is 2.71. The number of hydrogen-bond acceptors (Lipinski definition) is 4. The smallest absolute Gasteiger partial charge is 0.346 e. The summed E-state index contributed by atoms with van der Waals surface area (Å²) in [5, 5.41) is 10.7. The summed E-state index contributed by atoms with van der Waals surface area (Å²) in [6, 6.07) is 2.80. The van der Waals surface area contributed by atoms with Gasteiger partial charge < -0.3 is 4.74 Å². The normalized spacial score (nSPS) is 9.94. The number of halogens is 2. The molecule has 0 aromatic heterocycles. The maximum absolute atomic E-state index is 11.5. The third-order valence-electron chi connectivity index (χ3n) is 1.74. The molecule has 0 aliphatic carbocycles. The zero-order valence-corrected chi connectivity index (χ0v) is 10.5. The molecule has 0 atom stereocenters. The topological polar surface area (TPSA) is 69.4 Å². The van der Waals surface area contributed by atoms with Crippen LogP contribution in [-0.4, -0.2) is 17.5 Å². The first-order valence-electron chi connectivity index (χ1n) is 4.28. The molecule has 1 aromatic carbocycles. The Morgan fingerprint density at radius 3 is 2.75 bits per heavy atom. The van der Waals surface area contributed by atoms with Gasteiger partial charge in [0.05, 0.1) is 11.5 Å². The molecule has 0 aliphatic rings. The van der Waals surface area contributed by atoms with Crippen LogP contribution in [0.25, 0.3) is 0 Å². The van der Waals surface area contributed by atoms with E-state index in [0.29, 0.717) is 0 Å². The molecule has 16 heavy (non-hydrogen) atoms. The van der Waals surface area contributed by atoms with E-state index >= 15 is 0 Å². The predicted octanol–water partition coefficient (Wildman–Crippen LogP) is 3.19. The van der Waals surface area contributed by atoms with E-state index in [2.05, 4.69) is 15.9 Å². The van der Waals surface area contributed by atoms with Crippen molar-refractivity contribution in [2.45, 2.75) is 6.92 Å². The standard InChI is InChI=1S/C9H7BrClNO4/c1-2-16-9(13)7-5(10)3-4-6(11)8(7)12(14)15/h3-4H,2H2,1H3. The number of nitro groups is 1. The summed E-state index contributed by atoms with van der Waals surface area (Å²) in [6.07, 6.45) is 0. The van der Waals surface area contributed by atoms with E-state index in [4.69, 9.17) is 16.3 Å². The Hall–Kier alpha value is -1.14. The molecular weight excluding hydrogens is 301 g/mol. The number of nitrogens with zero attached hydrogens (tertiary/aromatic N) is 1. The second-order valence-corrected chi connectivity index (χ2v) is 3.99. The monoisotopic (exact) mass is 307 g/mol. The number of rotatable bonds is 3. The molecule has 0 saturated carbocycles. The molecular formula is C9H7BrClNO4. The van der Waals surface area contributed by atoms with Gasteiger partial charge in [-0.15, -0.1) is 0 Å². The van der Waals surface area contributed by atoms with E-state index < -0.39 is 16.6 Å². The quantitative estimate of drug-likeness (QED) is 0.488.